The maximum atomic E-state index is 12.0. The molecule has 1 heterocycles. The topological polar surface area (TPSA) is 83.3 Å². The minimum Gasteiger partial charge on any atom is -0.354 e. The number of aromatic nitrogens is 2. The monoisotopic (exact) mass is 470 g/mol. The molecule has 3 N–H and O–H groups in total. The summed E-state index contributed by atoms with van der Waals surface area (Å²) in [6, 6.07) is 9.90. The predicted octanol–water partition coefficient (Wildman–Crippen LogP) is 2.60. The van der Waals surface area contributed by atoms with E-state index in [0.29, 0.717) is 12.6 Å². The van der Waals surface area contributed by atoms with Crippen LogP contribution in [-0.2, 0) is 17.9 Å². The number of nitrogens with one attached hydrogen (secondary N) is 3. The quantitative estimate of drug-likeness (QED) is 0.330. The number of benzene rings is 1. The number of aliphatic imine (C=N–C) groups is 1. The fraction of sp³-hybridized carbons (Fsp3) is 0.389. The van der Waals surface area contributed by atoms with Gasteiger partial charge in [-0.25, -0.2) is 0 Å². The lowest BCUT2D eigenvalue weighted by Gasteiger charge is -2.16. The van der Waals surface area contributed by atoms with Gasteiger partial charge in [-0.1, -0.05) is 19.1 Å². The van der Waals surface area contributed by atoms with Crippen LogP contribution >= 0.6 is 24.0 Å². The zero-order valence-corrected chi connectivity index (χ0v) is 17.7. The molecule has 0 spiro atoms. The molecule has 0 radical (unpaired) electrons. The SMILES string of the molecule is CCC(C)NC(=NC)NCc1cccc(NC(=O)Cn2cccn2)c1.I. The lowest BCUT2D eigenvalue weighted by molar-refractivity contribution is -0.116. The lowest BCUT2D eigenvalue weighted by atomic mass is 10.2. The Morgan fingerprint density at radius 2 is 2.15 bits per heavy atom. The molecule has 0 aliphatic heterocycles. The second kappa shape index (κ2) is 11.5. The predicted molar refractivity (Wildman–Crippen MR) is 116 cm³/mol. The molecule has 26 heavy (non-hydrogen) atoms. The van der Waals surface area contributed by atoms with Gasteiger partial charge in [0.25, 0.3) is 0 Å². The summed E-state index contributed by atoms with van der Waals surface area (Å²) in [5, 5.41) is 13.5. The molecule has 142 valence electrons. The molecule has 1 aromatic carbocycles. The van der Waals surface area contributed by atoms with Crippen LogP contribution in [0.2, 0.25) is 0 Å². The average molecular weight is 470 g/mol. The van der Waals surface area contributed by atoms with Gasteiger partial charge in [-0.2, -0.15) is 5.10 Å². The highest BCUT2D eigenvalue weighted by atomic mass is 127. The number of guanidine groups is 1. The third kappa shape index (κ3) is 7.42. The van der Waals surface area contributed by atoms with E-state index in [1.165, 1.54) is 0 Å². The van der Waals surface area contributed by atoms with E-state index in [9.17, 15) is 4.79 Å². The normalized spacial score (nSPS) is 12.0. The lowest BCUT2D eigenvalue weighted by Crippen LogP contribution is -2.41. The van der Waals surface area contributed by atoms with Crippen LogP contribution < -0.4 is 16.0 Å². The van der Waals surface area contributed by atoms with Crippen molar-refractivity contribution in [2.24, 2.45) is 4.99 Å². The summed E-state index contributed by atoms with van der Waals surface area (Å²) in [6.45, 7) is 5.06. The van der Waals surface area contributed by atoms with Crippen LogP contribution in [0.25, 0.3) is 0 Å². The van der Waals surface area contributed by atoms with E-state index in [0.717, 1.165) is 23.6 Å². The van der Waals surface area contributed by atoms with Crippen LogP contribution in [0.15, 0.2) is 47.7 Å². The zero-order chi connectivity index (χ0) is 18.1. The van der Waals surface area contributed by atoms with Crippen molar-refractivity contribution in [3.8, 4) is 0 Å². The Bertz CT molecular complexity index is 701. The molecule has 0 saturated heterocycles. The summed E-state index contributed by atoms with van der Waals surface area (Å²) in [4.78, 5) is 16.3. The molecule has 1 atom stereocenters. The molecule has 7 nitrogen and oxygen atoms in total. The first-order valence-electron chi connectivity index (χ1n) is 8.44. The number of carbonyl (C=O) groups is 1. The van der Waals surface area contributed by atoms with Gasteiger partial charge in [0, 0.05) is 37.7 Å². The van der Waals surface area contributed by atoms with Gasteiger partial charge < -0.3 is 16.0 Å². The molecule has 0 fully saturated rings. The Labute approximate surface area is 171 Å². The summed E-state index contributed by atoms with van der Waals surface area (Å²) in [5.74, 6) is 0.658. The van der Waals surface area contributed by atoms with Crippen molar-refractivity contribution in [2.45, 2.75) is 39.4 Å². The number of nitrogens with zero attached hydrogens (tertiary/aromatic N) is 3. The fourth-order valence-corrected chi connectivity index (χ4v) is 2.22. The van der Waals surface area contributed by atoms with Crippen LogP contribution in [0.4, 0.5) is 5.69 Å². The van der Waals surface area contributed by atoms with Gasteiger partial charge in [-0.15, -0.1) is 24.0 Å². The van der Waals surface area contributed by atoms with E-state index < -0.39 is 0 Å². The van der Waals surface area contributed by atoms with Gasteiger partial charge in [-0.05, 0) is 37.1 Å². The maximum absolute atomic E-state index is 12.0. The maximum Gasteiger partial charge on any atom is 0.246 e. The number of halogens is 1. The fourth-order valence-electron chi connectivity index (χ4n) is 2.22. The van der Waals surface area contributed by atoms with Crippen LogP contribution in [0.1, 0.15) is 25.8 Å². The zero-order valence-electron chi connectivity index (χ0n) is 15.4. The first-order valence-corrected chi connectivity index (χ1v) is 8.44. The molecule has 0 aliphatic rings. The Morgan fingerprint density at radius 3 is 2.81 bits per heavy atom. The number of anilines is 1. The first kappa shape index (κ1) is 21.9. The third-order valence-electron chi connectivity index (χ3n) is 3.75. The number of amides is 1. The standard InChI is InChI=1S/C18H26N6O.HI/c1-4-14(2)22-18(19-3)20-12-15-7-5-8-16(11-15)23-17(25)13-24-10-6-9-21-24;/h5-11,14H,4,12-13H2,1-3H3,(H,23,25)(H2,19,20,22);1H. The molecule has 8 heteroatoms. The highest BCUT2D eigenvalue weighted by molar-refractivity contribution is 14.0. The summed E-state index contributed by atoms with van der Waals surface area (Å²) >= 11 is 0. The van der Waals surface area contributed by atoms with E-state index >= 15 is 0 Å². The number of carbonyl (C=O) groups excluding carboxylic acids is 1. The van der Waals surface area contributed by atoms with Crippen molar-refractivity contribution in [1.82, 2.24) is 20.4 Å². The highest BCUT2D eigenvalue weighted by Crippen LogP contribution is 2.10. The van der Waals surface area contributed by atoms with Crippen molar-refractivity contribution in [3.63, 3.8) is 0 Å². The average Bonchev–Trinajstić information content (AvgIpc) is 3.11. The van der Waals surface area contributed by atoms with Crippen molar-refractivity contribution in [1.29, 1.82) is 0 Å². The Morgan fingerprint density at radius 1 is 1.35 bits per heavy atom. The molecule has 0 bridgehead atoms. The summed E-state index contributed by atoms with van der Waals surface area (Å²) < 4.78 is 1.59. The van der Waals surface area contributed by atoms with E-state index in [1.807, 2.05) is 24.3 Å². The van der Waals surface area contributed by atoms with Gasteiger partial charge in [0.1, 0.15) is 6.54 Å². The van der Waals surface area contributed by atoms with E-state index in [-0.39, 0.29) is 36.4 Å². The summed E-state index contributed by atoms with van der Waals surface area (Å²) in [5.41, 5.74) is 1.82. The van der Waals surface area contributed by atoms with Crippen molar-refractivity contribution in [3.05, 3.63) is 48.3 Å². The first-order chi connectivity index (χ1) is 12.1. The Balaban J connectivity index is 0.00000338. The van der Waals surface area contributed by atoms with Crippen molar-refractivity contribution >= 4 is 41.5 Å². The van der Waals surface area contributed by atoms with Gasteiger partial charge in [0.05, 0.1) is 0 Å². The number of hydrogen-bond acceptors (Lipinski definition) is 3. The molecule has 1 aromatic heterocycles. The van der Waals surface area contributed by atoms with Gasteiger partial charge in [0.2, 0.25) is 5.91 Å². The van der Waals surface area contributed by atoms with Crippen LogP contribution in [0.5, 0.6) is 0 Å². The van der Waals surface area contributed by atoms with Gasteiger partial charge in [0.15, 0.2) is 5.96 Å². The highest BCUT2D eigenvalue weighted by Gasteiger charge is 2.06. The third-order valence-corrected chi connectivity index (χ3v) is 3.75. The van der Waals surface area contributed by atoms with Crippen LogP contribution in [0.3, 0.4) is 0 Å². The second-order valence-electron chi connectivity index (χ2n) is 5.83. The molecule has 1 unspecified atom stereocenters. The number of hydrogen-bond donors (Lipinski definition) is 3. The van der Waals surface area contributed by atoms with E-state index in [2.05, 4.69) is 39.9 Å². The van der Waals surface area contributed by atoms with E-state index in [4.69, 9.17) is 0 Å². The number of rotatable bonds is 7. The minimum atomic E-state index is -0.108. The Hall–Kier alpha value is -2.10. The molecule has 0 aliphatic carbocycles. The summed E-state index contributed by atoms with van der Waals surface area (Å²) in [7, 11) is 1.75. The van der Waals surface area contributed by atoms with Crippen LogP contribution in [-0.4, -0.2) is 34.7 Å². The van der Waals surface area contributed by atoms with Crippen molar-refractivity contribution < 1.29 is 4.79 Å². The minimum absolute atomic E-state index is 0. The molecule has 2 aromatic rings. The molecular weight excluding hydrogens is 443 g/mol. The second-order valence-corrected chi connectivity index (χ2v) is 5.83. The largest absolute Gasteiger partial charge is 0.354 e. The molecule has 0 saturated carbocycles. The van der Waals surface area contributed by atoms with Gasteiger partial charge >= 0.3 is 0 Å². The van der Waals surface area contributed by atoms with Gasteiger partial charge in [-0.3, -0.25) is 14.5 Å². The molecular formula is C18H27IN6O. The summed E-state index contributed by atoms with van der Waals surface area (Å²) in [6.07, 6.45) is 4.44. The Kier molecular flexibility index (Phi) is 9.71. The smallest absolute Gasteiger partial charge is 0.246 e. The van der Waals surface area contributed by atoms with E-state index in [1.54, 1.807) is 30.2 Å². The molecule has 2 rings (SSSR count). The van der Waals surface area contributed by atoms with Crippen LogP contribution in [0, 0.1) is 0 Å². The molecule has 1 amide bonds. The van der Waals surface area contributed by atoms with Crippen molar-refractivity contribution in [2.75, 3.05) is 12.4 Å².